The second-order valence-electron chi connectivity index (χ2n) is 11.3. The van der Waals surface area contributed by atoms with Crippen LogP contribution in [0.2, 0.25) is 0 Å². The molecule has 0 aromatic carbocycles. The van der Waals surface area contributed by atoms with Gasteiger partial charge in [0.2, 0.25) is 0 Å². The second-order valence-corrected chi connectivity index (χ2v) is 11.3. The molecule has 0 aromatic rings. The number of halogens is 1. The average molecular weight is 653 g/mol. The molecule has 0 bridgehead atoms. The maximum absolute atomic E-state index is 2.34. The fraction of sp³-hybridized carbons (Fsp3) is 1.00. The van der Waals surface area contributed by atoms with Crippen molar-refractivity contribution in [3.05, 3.63) is 0 Å². The predicted octanol–water partition coefficient (Wildman–Crippen LogP) is 8.25. The topological polar surface area (TPSA) is 0 Å². The van der Waals surface area contributed by atoms with Crippen molar-refractivity contribution in [2.45, 2.75) is 182 Å². The third kappa shape index (κ3) is 27.9. The molecule has 0 aliphatic heterocycles. The molecule has 0 aliphatic carbocycles. The maximum Gasteiger partial charge on any atom is 0.0786 e. The summed E-state index contributed by atoms with van der Waals surface area (Å²) in [4.78, 5) is 0. The van der Waals surface area contributed by atoms with E-state index in [2.05, 4.69) is 27.7 Å². The third-order valence-corrected chi connectivity index (χ3v) is 7.94. The van der Waals surface area contributed by atoms with Crippen LogP contribution in [0.4, 0.5) is 0 Å². The molecule has 0 radical (unpaired) electrons. The van der Waals surface area contributed by atoms with E-state index in [1.54, 1.807) is 0 Å². The zero-order chi connectivity index (χ0) is 24.3. The van der Waals surface area contributed by atoms with Gasteiger partial charge in [0.25, 0.3) is 0 Å². The number of rotatable bonds is 28. The summed E-state index contributed by atoms with van der Waals surface area (Å²) < 4.78 is 1.48. The minimum atomic E-state index is 0. The van der Waals surface area contributed by atoms with Crippen molar-refractivity contribution in [3.63, 3.8) is 0 Å². The van der Waals surface area contributed by atoms with Crippen molar-refractivity contribution >= 4 is 0 Å². The Morgan fingerprint density at radius 1 is 0.286 bits per heavy atom. The van der Waals surface area contributed by atoms with Crippen LogP contribution >= 0.6 is 0 Å². The number of unbranched alkanes of at least 4 members (excludes halogenated alkanes) is 20. The van der Waals surface area contributed by atoms with E-state index in [0.29, 0.717) is 0 Å². The van der Waals surface area contributed by atoms with Gasteiger partial charge >= 0.3 is 0 Å². The minimum Gasteiger partial charge on any atom is -1.00 e. The SMILES string of the molecule is CCCCCCCC[N+](CCCCCCCC)(CCCCCCCC)CCCCCCCC.[Br-].[Pd]. The Balaban J connectivity index is -0.00000512. The standard InChI is InChI=1S/C32H68N.BrH.Pd/c1-5-9-13-17-21-25-29-33(30-26-22-18-14-10-6-2,31-27-23-19-15-11-7-3)32-28-24-20-16-12-8-4;;/h5-32H2,1-4H3;1H;/q+1;;/p-1. The summed E-state index contributed by atoms with van der Waals surface area (Å²) in [5.74, 6) is 0. The molecular weight excluding hydrogens is 585 g/mol. The van der Waals surface area contributed by atoms with Gasteiger partial charge in [-0.1, -0.05) is 130 Å². The van der Waals surface area contributed by atoms with E-state index in [4.69, 9.17) is 0 Å². The van der Waals surface area contributed by atoms with Crippen LogP contribution in [0.5, 0.6) is 0 Å². The van der Waals surface area contributed by atoms with Crippen molar-refractivity contribution in [2.24, 2.45) is 0 Å². The predicted molar refractivity (Wildman–Crippen MR) is 153 cm³/mol. The summed E-state index contributed by atoms with van der Waals surface area (Å²) in [6.07, 6.45) is 34.8. The van der Waals surface area contributed by atoms with E-state index < -0.39 is 0 Å². The number of nitrogens with zero attached hydrogens (tertiary/aromatic N) is 1. The largest absolute Gasteiger partial charge is 1.00 e. The van der Waals surface area contributed by atoms with E-state index in [1.165, 1.54) is 185 Å². The summed E-state index contributed by atoms with van der Waals surface area (Å²) in [6.45, 7) is 15.3. The van der Waals surface area contributed by atoms with Crippen LogP contribution in [0.3, 0.4) is 0 Å². The molecule has 0 spiro atoms. The van der Waals surface area contributed by atoms with Gasteiger partial charge in [-0.3, -0.25) is 0 Å². The van der Waals surface area contributed by atoms with E-state index in [9.17, 15) is 0 Å². The fourth-order valence-electron chi connectivity index (χ4n) is 5.58. The van der Waals surface area contributed by atoms with Gasteiger partial charge in [0, 0.05) is 20.4 Å². The minimum absolute atomic E-state index is 0. The summed E-state index contributed by atoms with van der Waals surface area (Å²) in [7, 11) is 0. The molecule has 0 fully saturated rings. The van der Waals surface area contributed by atoms with Crippen molar-refractivity contribution in [1.82, 2.24) is 0 Å². The average Bonchev–Trinajstić information content (AvgIpc) is 2.83. The van der Waals surface area contributed by atoms with E-state index in [0.717, 1.165) is 0 Å². The Bertz CT molecular complexity index is 294. The zero-order valence-electron chi connectivity index (χ0n) is 24.9. The van der Waals surface area contributed by atoms with Crippen LogP contribution in [-0.4, -0.2) is 30.7 Å². The molecular formula is C32H68BrNPd. The molecule has 0 N–H and O–H groups in total. The van der Waals surface area contributed by atoms with Gasteiger partial charge in [-0.05, 0) is 51.4 Å². The summed E-state index contributed by atoms with van der Waals surface area (Å²) in [5.41, 5.74) is 0. The zero-order valence-corrected chi connectivity index (χ0v) is 28.1. The Morgan fingerprint density at radius 2 is 0.457 bits per heavy atom. The van der Waals surface area contributed by atoms with E-state index >= 15 is 0 Å². The first kappa shape index (κ1) is 40.6. The number of quaternary nitrogens is 1. The number of hydrogen-bond donors (Lipinski definition) is 0. The molecule has 0 aliphatic rings. The van der Waals surface area contributed by atoms with E-state index in [-0.39, 0.29) is 37.4 Å². The molecule has 35 heavy (non-hydrogen) atoms. The molecule has 0 heterocycles. The van der Waals surface area contributed by atoms with Crippen molar-refractivity contribution in [3.8, 4) is 0 Å². The third-order valence-electron chi connectivity index (χ3n) is 7.94. The van der Waals surface area contributed by atoms with Crippen LogP contribution in [0.1, 0.15) is 182 Å². The molecule has 218 valence electrons. The van der Waals surface area contributed by atoms with Crippen LogP contribution in [-0.2, 0) is 20.4 Å². The Labute approximate surface area is 248 Å². The summed E-state index contributed by atoms with van der Waals surface area (Å²) in [6, 6.07) is 0. The van der Waals surface area contributed by atoms with Gasteiger partial charge < -0.3 is 21.5 Å². The molecule has 0 saturated heterocycles. The molecule has 3 heteroatoms. The van der Waals surface area contributed by atoms with Gasteiger partial charge in [0.05, 0.1) is 26.2 Å². The first-order valence-electron chi connectivity index (χ1n) is 16.1. The Morgan fingerprint density at radius 3 is 0.657 bits per heavy atom. The van der Waals surface area contributed by atoms with E-state index in [1.807, 2.05) is 0 Å². The van der Waals surface area contributed by atoms with Crippen molar-refractivity contribution in [1.29, 1.82) is 0 Å². The maximum atomic E-state index is 2.34. The molecule has 0 amide bonds. The van der Waals surface area contributed by atoms with Crippen LogP contribution in [0, 0.1) is 0 Å². The first-order valence-corrected chi connectivity index (χ1v) is 16.1. The number of hydrogen-bond acceptors (Lipinski definition) is 0. The Hall–Kier alpha value is 1.10. The van der Waals surface area contributed by atoms with Gasteiger partial charge in [-0.15, -0.1) is 0 Å². The smallest absolute Gasteiger partial charge is 0.0786 e. The monoisotopic (exact) mass is 651 g/mol. The first-order chi connectivity index (χ1) is 16.2. The van der Waals surface area contributed by atoms with Gasteiger partial charge in [0.1, 0.15) is 0 Å². The van der Waals surface area contributed by atoms with Crippen LogP contribution in [0.15, 0.2) is 0 Å². The molecule has 0 rings (SSSR count). The molecule has 0 aromatic heterocycles. The van der Waals surface area contributed by atoms with Gasteiger partial charge in [-0.25, -0.2) is 0 Å². The Kier molecular flexibility index (Phi) is 38.4. The normalized spacial score (nSPS) is 11.3. The molecule has 0 saturated carbocycles. The van der Waals surface area contributed by atoms with Gasteiger partial charge in [-0.2, -0.15) is 0 Å². The molecule has 0 atom stereocenters. The molecule has 0 unspecified atom stereocenters. The quantitative estimate of drug-likeness (QED) is 0.0454. The van der Waals surface area contributed by atoms with Crippen LogP contribution in [0.25, 0.3) is 0 Å². The summed E-state index contributed by atoms with van der Waals surface area (Å²) in [5, 5.41) is 0. The molecule has 1 nitrogen and oxygen atoms in total. The van der Waals surface area contributed by atoms with Gasteiger partial charge in [0.15, 0.2) is 0 Å². The van der Waals surface area contributed by atoms with Crippen molar-refractivity contribution in [2.75, 3.05) is 26.2 Å². The van der Waals surface area contributed by atoms with Crippen LogP contribution < -0.4 is 17.0 Å². The second kappa shape index (κ2) is 33.1. The summed E-state index contributed by atoms with van der Waals surface area (Å²) >= 11 is 0. The fourth-order valence-corrected chi connectivity index (χ4v) is 5.58. The van der Waals surface area contributed by atoms with Crippen molar-refractivity contribution < 1.29 is 41.9 Å².